The minimum Gasteiger partial charge on any atom is -0.356 e. The second-order valence-corrected chi connectivity index (χ2v) is 7.79. The molecule has 1 aromatic heterocycles. The van der Waals surface area contributed by atoms with E-state index in [1.165, 1.54) is 0 Å². The Labute approximate surface area is 150 Å². The molecule has 1 aliphatic carbocycles. The van der Waals surface area contributed by atoms with E-state index < -0.39 is 18.1 Å². The van der Waals surface area contributed by atoms with Gasteiger partial charge in [0.2, 0.25) is 5.95 Å². The molecule has 1 aromatic rings. The highest BCUT2D eigenvalue weighted by Gasteiger charge is 2.46. The number of hydrogen-bond donors (Lipinski definition) is 0. The van der Waals surface area contributed by atoms with Crippen LogP contribution in [0.5, 0.6) is 0 Å². The third-order valence-corrected chi connectivity index (χ3v) is 5.81. The number of carbonyl (C=O) groups is 1. The second-order valence-electron chi connectivity index (χ2n) is 7.79. The number of nitrogens with zero attached hydrogens (tertiary/aromatic N) is 4. The van der Waals surface area contributed by atoms with Gasteiger partial charge in [-0.2, -0.15) is 13.8 Å². The van der Waals surface area contributed by atoms with Gasteiger partial charge in [-0.05, 0) is 32.6 Å². The van der Waals surface area contributed by atoms with Crippen molar-refractivity contribution in [3.8, 4) is 0 Å². The average Bonchev–Trinajstić information content (AvgIpc) is 3.15. The molecule has 2 fully saturated rings. The molecule has 8 heteroatoms. The van der Waals surface area contributed by atoms with Crippen molar-refractivity contribution in [3.05, 3.63) is 11.3 Å². The first-order valence-corrected chi connectivity index (χ1v) is 9.20. The zero-order chi connectivity index (χ0) is 18.6. The summed E-state index contributed by atoms with van der Waals surface area (Å²) in [7, 11) is 0. The Kier molecular flexibility index (Phi) is 4.11. The predicted octanol–water partition coefficient (Wildman–Crippen LogP) is 2.87. The third kappa shape index (κ3) is 2.83. The third-order valence-electron chi connectivity index (χ3n) is 5.81. The van der Waals surface area contributed by atoms with Gasteiger partial charge >= 0.3 is 0 Å². The van der Waals surface area contributed by atoms with Crippen LogP contribution in [0.3, 0.4) is 0 Å². The molecule has 0 radical (unpaired) electrons. The van der Waals surface area contributed by atoms with Crippen LogP contribution in [-0.4, -0.2) is 47.6 Å². The molecule has 5 nitrogen and oxygen atoms in total. The number of alkyl halides is 3. The summed E-state index contributed by atoms with van der Waals surface area (Å²) in [6.45, 7) is 4.74. The molecule has 0 N–H and O–H groups in total. The Bertz CT molecular complexity index is 741. The maximum absolute atomic E-state index is 14.3. The van der Waals surface area contributed by atoms with E-state index in [1.807, 2.05) is 4.90 Å². The zero-order valence-corrected chi connectivity index (χ0v) is 15.0. The lowest BCUT2D eigenvalue weighted by Crippen LogP contribution is -2.57. The van der Waals surface area contributed by atoms with Crippen LogP contribution in [-0.2, 0) is 17.1 Å². The van der Waals surface area contributed by atoms with Crippen molar-refractivity contribution in [1.29, 1.82) is 0 Å². The highest BCUT2D eigenvalue weighted by molar-refractivity contribution is 5.76. The van der Waals surface area contributed by atoms with E-state index in [0.717, 1.165) is 6.42 Å². The van der Waals surface area contributed by atoms with Gasteiger partial charge in [0, 0.05) is 31.5 Å². The first-order chi connectivity index (χ1) is 12.3. The van der Waals surface area contributed by atoms with Crippen LogP contribution >= 0.6 is 0 Å². The van der Waals surface area contributed by atoms with Crippen molar-refractivity contribution < 1.29 is 18.0 Å². The number of halogens is 3. The summed E-state index contributed by atoms with van der Waals surface area (Å²) in [5.41, 5.74) is 0.300. The fraction of sp³-hybridized carbons (Fsp3) is 0.722. The Hall–Kier alpha value is -1.86. The lowest BCUT2D eigenvalue weighted by molar-refractivity contribution is -0.117. The molecule has 3 atom stereocenters. The summed E-state index contributed by atoms with van der Waals surface area (Å²) >= 11 is 0. The molecule has 0 bridgehead atoms. The fourth-order valence-electron chi connectivity index (χ4n) is 4.21. The summed E-state index contributed by atoms with van der Waals surface area (Å²) in [4.78, 5) is 23.7. The summed E-state index contributed by atoms with van der Waals surface area (Å²) in [6.07, 6.45) is 0.338. The fourth-order valence-corrected chi connectivity index (χ4v) is 4.21. The average molecular weight is 368 g/mol. The van der Waals surface area contributed by atoms with E-state index in [0.29, 0.717) is 30.9 Å². The van der Waals surface area contributed by atoms with Crippen LogP contribution in [0, 0.1) is 5.92 Å². The molecule has 0 saturated carbocycles. The summed E-state index contributed by atoms with van der Waals surface area (Å²) in [6, 6.07) is -0.403. The van der Waals surface area contributed by atoms with Gasteiger partial charge in [-0.3, -0.25) is 0 Å². The van der Waals surface area contributed by atoms with Crippen LogP contribution < -0.4 is 9.80 Å². The van der Waals surface area contributed by atoms with Crippen molar-refractivity contribution in [2.45, 2.75) is 57.7 Å². The number of fused-ring (bicyclic) bond motifs is 1. The van der Waals surface area contributed by atoms with Crippen molar-refractivity contribution >= 4 is 17.5 Å². The molecule has 0 unspecified atom stereocenters. The van der Waals surface area contributed by atoms with Crippen molar-refractivity contribution in [1.82, 2.24) is 9.97 Å². The Morgan fingerprint density at radius 3 is 2.73 bits per heavy atom. The van der Waals surface area contributed by atoms with Gasteiger partial charge in [-0.15, -0.1) is 0 Å². The van der Waals surface area contributed by atoms with E-state index in [4.69, 9.17) is 0 Å². The Morgan fingerprint density at radius 2 is 2.08 bits per heavy atom. The second kappa shape index (κ2) is 6.09. The lowest BCUT2D eigenvalue weighted by Gasteiger charge is -2.42. The molecule has 26 heavy (non-hydrogen) atoms. The first-order valence-electron chi connectivity index (χ1n) is 9.20. The number of hydrogen-bond acceptors (Lipinski definition) is 5. The van der Waals surface area contributed by atoms with E-state index >= 15 is 0 Å². The van der Waals surface area contributed by atoms with Crippen LogP contribution in [0.2, 0.25) is 0 Å². The topological polar surface area (TPSA) is 49.3 Å². The standard InChI is InChI=1S/C18H23F3N4O/c1-10(26)7-12-4-6-24(8-12)16-13-3-5-18(20,21)15(13)22-17(23-16)25-9-14(19)11(25)2/h11-12,14H,3-9H2,1-2H3/t11-,12+,14-/m1/s1. The number of carbonyl (C=O) groups excluding carboxylic acids is 1. The lowest BCUT2D eigenvalue weighted by atomic mass is 10.0. The summed E-state index contributed by atoms with van der Waals surface area (Å²) in [5.74, 6) is -1.87. The van der Waals surface area contributed by atoms with Crippen LogP contribution in [0.1, 0.15) is 44.4 Å². The maximum Gasteiger partial charge on any atom is 0.290 e. The molecular formula is C18H23F3N4O. The van der Waals surface area contributed by atoms with E-state index in [1.54, 1.807) is 18.7 Å². The smallest absolute Gasteiger partial charge is 0.290 e. The van der Waals surface area contributed by atoms with Gasteiger partial charge < -0.3 is 14.6 Å². The van der Waals surface area contributed by atoms with Crippen LogP contribution in [0.15, 0.2) is 0 Å². The van der Waals surface area contributed by atoms with Gasteiger partial charge in [-0.1, -0.05) is 0 Å². The quantitative estimate of drug-likeness (QED) is 0.818. The van der Waals surface area contributed by atoms with Crippen molar-refractivity contribution in [3.63, 3.8) is 0 Å². The zero-order valence-electron chi connectivity index (χ0n) is 15.0. The Morgan fingerprint density at radius 1 is 1.31 bits per heavy atom. The minimum atomic E-state index is -2.97. The van der Waals surface area contributed by atoms with E-state index in [2.05, 4.69) is 9.97 Å². The number of ketones is 1. The van der Waals surface area contributed by atoms with E-state index in [9.17, 15) is 18.0 Å². The van der Waals surface area contributed by atoms with Crippen LogP contribution in [0.4, 0.5) is 24.9 Å². The van der Waals surface area contributed by atoms with Gasteiger partial charge in [-0.25, -0.2) is 9.37 Å². The van der Waals surface area contributed by atoms with Crippen molar-refractivity contribution in [2.75, 3.05) is 29.4 Å². The largest absolute Gasteiger partial charge is 0.356 e. The van der Waals surface area contributed by atoms with Gasteiger partial charge in [0.15, 0.2) is 0 Å². The van der Waals surface area contributed by atoms with Crippen molar-refractivity contribution in [2.24, 2.45) is 5.92 Å². The van der Waals surface area contributed by atoms with Gasteiger partial charge in [0.25, 0.3) is 5.92 Å². The van der Waals surface area contributed by atoms with Gasteiger partial charge in [0.1, 0.15) is 23.5 Å². The Balaban J connectivity index is 1.68. The number of Topliss-reactive ketones (excluding diaryl/α,β-unsaturated/α-hetero) is 1. The highest BCUT2D eigenvalue weighted by Crippen LogP contribution is 2.45. The normalized spacial score (nSPS) is 29.7. The monoisotopic (exact) mass is 368 g/mol. The highest BCUT2D eigenvalue weighted by atomic mass is 19.3. The number of aromatic nitrogens is 2. The molecule has 3 heterocycles. The van der Waals surface area contributed by atoms with Crippen LogP contribution in [0.25, 0.3) is 0 Å². The molecule has 0 spiro atoms. The molecule has 0 amide bonds. The molecule has 142 valence electrons. The molecule has 3 aliphatic rings. The molecule has 2 saturated heterocycles. The molecule has 4 rings (SSSR count). The molecule has 2 aliphatic heterocycles. The number of rotatable bonds is 4. The SMILES string of the molecule is CC(=O)C[C@@H]1CCN(c2nc(N3C[C@@H](F)[C@H]3C)nc3c2CCC3(F)F)C1. The van der Waals surface area contributed by atoms with Gasteiger partial charge in [0.05, 0.1) is 12.6 Å². The summed E-state index contributed by atoms with van der Waals surface area (Å²) < 4.78 is 42.3. The number of anilines is 2. The minimum absolute atomic E-state index is 0.137. The van der Waals surface area contributed by atoms with E-state index in [-0.39, 0.29) is 42.7 Å². The first kappa shape index (κ1) is 17.5. The predicted molar refractivity (Wildman–Crippen MR) is 91.6 cm³/mol. The summed E-state index contributed by atoms with van der Waals surface area (Å²) in [5, 5.41) is 0. The molecular weight excluding hydrogens is 345 g/mol. The maximum atomic E-state index is 14.3. The molecule has 0 aromatic carbocycles.